The fourth-order valence-corrected chi connectivity index (χ4v) is 2.21. The maximum Gasteiger partial charge on any atom is 0.242 e. The summed E-state index contributed by atoms with van der Waals surface area (Å²) in [6, 6.07) is 13.9. The standard InChI is InChI=1S/C16H18N2O2/c19-16(11-17-13-5-2-1-3-6-13)18(14-8-9-14)12-15-7-4-10-20-15/h1-7,10,14,17H,8-9,11-12H2. The topological polar surface area (TPSA) is 45.5 Å². The molecule has 1 saturated carbocycles. The number of furan rings is 1. The van der Waals surface area contributed by atoms with Crippen molar-refractivity contribution in [3.8, 4) is 0 Å². The van der Waals surface area contributed by atoms with Crippen LogP contribution in [0.2, 0.25) is 0 Å². The predicted molar refractivity (Wildman–Crippen MR) is 77.2 cm³/mol. The SMILES string of the molecule is O=C(CNc1ccccc1)N(Cc1ccco1)C1CC1. The van der Waals surface area contributed by atoms with E-state index in [0.29, 0.717) is 19.1 Å². The molecule has 0 bridgehead atoms. The second-order valence-corrected chi connectivity index (χ2v) is 5.05. The van der Waals surface area contributed by atoms with Crippen LogP contribution in [-0.4, -0.2) is 23.4 Å². The van der Waals surface area contributed by atoms with Gasteiger partial charge in [0.2, 0.25) is 5.91 Å². The molecule has 1 aromatic heterocycles. The summed E-state index contributed by atoms with van der Waals surface area (Å²) in [4.78, 5) is 14.3. The first-order valence-electron chi connectivity index (χ1n) is 6.94. The first kappa shape index (κ1) is 12.8. The number of anilines is 1. The number of benzene rings is 1. The lowest BCUT2D eigenvalue weighted by Crippen LogP contribution is -2.36. The number of carbonyl (C=O) groups is 1. The van der Waals surface area contributed by atoms with E-state index in [9.17, 15) is 4.79 Å². The lowest BCUT2D eigenvalue weighted by atomic mass is 10.3. The summed E-state index contributed by atoms with van der Waals surface area (Å²) in [7, 11) is 0. The Kier molecular flexibility index (Phi) is 3.72. The van der Waals surface area contributed by atoms with Crippen molar-refractivity contribution in [2.45, 2.75) is 25.4 Å². The molecule has 1 amide bonds. The van der Waals surface area contributed by atoms with E-state index in [2.05, 4.69) is 5.32 Å². The number of hydrogen-bond donors (Lipinski definition) is 1. The minimum atomic E-state index is 0.118. The van der Waals surface area contributed by atoms with Gasteiger partial charge in [0.05, 0.1) is 19.4 Å². The molecule has 3 rings (SSSR count). The molecule has 0 spiro atoms. The van der Waals surface area contributed by atoms with Gasteiger partial charge in [-0.05, 0) is 37.1 Å². The van der Waals surface area contributed by atoms with Gasteiger partial charge in [0.15, 0.2) is 0 Å². The third-order valence-electron chi connectivity index (χ3n) is 3.43. The molecule has 0 saturated heterocycles. The largest absolute Gasteiger partial charge is 0.467 e. The second-order valence-electron chi connectivity index (χ2n) is 5.05. The molecule has 104 valence electrons. The molecular weight excluding hydrogens is 252 g/mol. The van der Waals surface area contributed by atoms with Crippen molar-refractivity contribution in [1.29, 1.82) is 0 Å². The Bertz CT molecular complexity index is 547. The summed E-state index contributed by atoms with van der Waals surface area (Å²) < 4.78 is 5.34. The van der Waals surface area contributed by atoms with Crippen LogP contribution in [0, 0.1) is 0 Å². The normalized spacial score (nSPS) is 14.0. The number of hydrogen-bond acceptors (Lipinski definition) is 3. The van der Waals surface area contributed by atoms with E-state index in [1.165, 1.54) is 0 Å². The Labute approximate surface area is 118 Å². The molecule has 20 heavy (non-hydrogen) atoms. The van der Waals surface area contributed by atoms with Gasteiger partial charge >= 0.3 is 0 Å². The molecule has 0 atom stereocenters. The Morgan fingerprint density at radius 2 is 2.00 bits per heavy atom. The molecule has 2 aromatic rings. The van der Waals surface area contributed by atoms with Gasteiger partial charge in [-0.2, -0.15) is 0 Å². The molecule has 0 unspecified atom stereocenters. The maximum atomic E-state index is 12.3. The summed E-state index contributed by atoms with van der Waals surface area (Å²) in [5, 5.41) is 3.17. The summed E-state index contributed by atoms with van der Waals surface area (Å²) in [5.74, 6) is 0.956. The molecule has 1 N–H and O–H groups in total. The molecular formula is C16H18N2O2. The lowest BCUT2D eigenvalue weighted by Gasteiger charge is -2.21. The van der Waals surface area contributed by atoms with Crippen molar-refractivity contribution < 1.29 is 9.21 Å². The van der Waals surface area contributed by atoms with Gasteiger partial charge in [0, 0.05) is 11.7 Å². The zero-order valence-corrected chi connectivity index (χ0v) is 11.3. The number of amides is 1. The van der Waals surface area contributed by atoms with Crippen LogP contribution < -0.4 is 5.32 Å². The number of carbonyl (C=O) groups excluding carboxylic acids is 1. The molecule has 1 aliphatic carbocycles. The van der Waals surface area contributed by atoms with Crippen LogP contribution in [0.5, 0.6) is 0 Å². The lowest BCUT2D eigenvalue weighted by molar-refractivity contribution is -0.130. The Hall–Kier alpha value is -2.23. The van der Waals surface area contributed by atoms with Crippen molar-refractivity contribution in [2.75, 3.05) is 11.9 Å². The van der Waals surface area contributed by atoms with Crippen LogP contribution in [-0.2, 0) is 11.3 Å². The molecule has 1 heterocycles. The summed E-state index contributed by atoms with van der Waals surface area (Å²) in [6.45, 7) is 0.883. The van der Waals surface area contributed by atoms with Gasteiger partial charge in [-0.25, -0.2) is 0 Å². The minimum Gasteiger partial charge on any atom is -0.467 e. The highest BCUT2D eigenvalue weighted by Gasteiger charge is 2.32. The fourth-order valence-electron chi connectivity index (χ4n) is 2.21. The van der Waals surface area contributed by atoms with Crippen LogP contribution in [0.25, 0.3) is 0 Å². The molecule has 1 aromatic carbocycles. The third kappa shape index (κ3) is 3.20. The van der Waals surface area contributed by atoms with E-state index in [1.54, 1.807) is 6.26 Å². The van der Waals surface area contributed by atoms with Crippen molar-refractivity contribution in [3.05, 3.63) is 54.5 Å². The van der Waals surface area contributed by atoms with E-state index in [4.69, 9.17) is 4.42 Å². The smallest absolute Gasteiger partial charge is 0.242 e. The van der Waals surface area contributed by atoms with Crippen molar-refractivity contribution in [1.82, 2.24) is 4.90 Å². The van der Waals surface area contributed by atoms with Crippen molar-refractivity contribution in [2.24, 2.45) is 0 Å². The van der Waals surface area contributed by atoms with Crippen LogP contribution >= 0.6 is 0 Å². The van der Waals surface area contributed by atoms with Crippen LogP contribution in [0.1, 0.15) is 18.6 Å². The average Bonchev–Trinajstić information content (AvgIpc) is 3.20. The average molecular weight is 270 g/mol. The zero-order valence-electron chi connectivity index (χ0n) is 11.3. The van der Waals surface area contributed by atoms with Crippen LogP contribution in [0.15, 0.2) is 53.1 Å². The van der Waals surface area contributed by atoms with Crippen molar-refractivity contribution in [3.63, 3.8) is 0 Å². The number of para-hydroxylation sites is 1. The fraction of sp³-hybridized carbons (Fsp3) is 0.312. The van der Waals surface area contributed by atoms with E-state index >= 15 is 0 Å². The van der Waals surface area contributed by atoms with Crippen LogP contribution in [0.3, 0.4) is 0 Å². The maximum absolute atomic E-state index is 12.3. The Morgan fingerprint density at radius 3 is 2.65 bits per heavy atom. The third-order valence-corrected chi connectivity index (χ3v) is 3.43. The molecule has 4 nitrogen and oxygen atoms in total. The van der Waals surface area contributed by atoms with E-state index in [1.807, 2.05) is 47.4 Å². The highest BCUT2D eigenvalue weighted by molar-refractivity contribution is 5.81. The van der Waals surface area contributed by atoms with Crippen molar-refractivity contribution >= 4 is 11.6 Å². The van der Waals surface area contributed by atoms with Crippen LogP contribution in [0.4, 0.5) is 5.69 Å². The quantitative estimate of drug-likeness (QED) is 0.878. The molecule has 1 fully saturated rings. The highest BCUT2D eigenvalue weighted by atomic mass is 16.3. The summed E-state index contributed by atoms with van der Waals surface area (Å²) >= 11 is 0. The molecule has 0 aliphatic heterocycles. The van der Waals surface area contributed by atoms with Gasteiger partial charge in [0.1, 0.15) is 5.76 Å². The Morgan fingerprint density at radius 1 is 1.20 bits per heavy atom. The first-order chi connectivity index (χ1) is 9.83. The van der Waals surface area contributed by atoms with Gasteiger partial charge in [-0.1, -0.05) is 18.2 Å². The van der Waals surface area contributed by atoms with Gasteiger partial charge in [0.25, 0.3) is 0 Å². The number of rotatable bonds is 6. The summed E-state index contributed by atoms with van der Waals surface area (Å²) in [6.07, 6.45) is 3.84. The van der Waals surface area contributed by atoms with Gasteiger partial charge < -0.3 is 14.6 Å². The highest BCUT2D eigenvalue weighted by Crippen LogP contribution is 2.28. The second kappa shape index (κ2) is 5.82. The predicted octanol–water partition coefficient (Wildman–Crippen LogP) is 2.88. The number of nitrogens with zero attached hydrogens (tertiary/aromatic N) is 1. The van der Waals surface area contributed by atoms with Gasteiger partial charge in [-0.3, -0.25) is 4.79 Å². The molecule has 0 radical (unpaired) electrons. The van der Waals surface area contributed by atoms with Gasteiger partial charge in [-0.15, -0.1) is 0 Å². The molecule has 1 aliphatic rings. The number of nitrogens with one attached hydrogen (secondary N) is 1. The minimum absolute atomic E-state index is 0.118. The summed E-state index contributed by atoms with van der Waals surface area (Å²) in [5.41, 5.74) is 0.967. The first-order valence-corrected chi connectivity index (χ1v) is 6.94. The molecule has 4 heteroatoms. The Balaban J connectivity index is 1.58. The van der Waals surface area contributed by atoms with E-state index < -0.39 is 0 Å². The zero-order chi connectivity index (χ0) is 13.8. The van der Waals surface area contributed by atoms with E-state index in [0.717, 1.165) is 24.3 Å². The van der Waals surface area contributed by atoms with E-state index in [-0.39, 0.29) is 5.91 Å². The monoisotopic (exact) mass is 270 g/mol.